The van der Waals surface area contributed by atoms with Crippen LogP contribution in [0.5, 0.6) is 0 Å². The van der Waals surface area contributed by atoms with E-state index >= 15 is 0 Å². The monoisotopic (exact) mass is 331 g/mol. The summed E-state index contributed by atoms with van der Waals surface area (Å²) in [4.78, 5) is 2.40. The fourth-order valence-electron chi connectivity index (χ4n) is 3.06. The molecule has 5 nitrogen and oxygen atoms in total. The lowest BCUT2D eigenvalue weighted by Crippen LogP contribution is -2.39. The number of hydrogen-bond acceptors (Lipinski definition) is 6. The summed E-state index contributed by atoms with van der Waals surface area (Å²) in [6.07, 6.45) is 4.57. The molecule has 1 aliphatic rings. The minimum Gasteiger partial charge on any atom is -0.382 e. The molecule has 0 aromatic carbocycles. The normalized spacial score (nSPS) is 18.9. The second-order valence-corrected chi connectivity index (χ2v) is 8.77. The fraction of sp³-hybridized carbons (Fsp3) is 0.786. The minimum atomic E-state index is -3.32. The van der Waals surface area contributed by atoms with Crippen molar-refractivity contribution in [2.45, 2.75) is 51.3 Å². The van der Waals surface area contributed by atoms with Gasteiger partial charge < -0.3 is 10.6 Å². The topological polar surface area (TPSA) is 76.3 Å². The van der Waals surface area contributed by atoms with Crippen LogP contribution in [0.3, 0.4) is 0 Å². The van der Waals surface area contributed by atoms with Crippen LogP contribution in [0.1, 0.15) is 46.5 Å². The molecule has 0 spiro atoms. The van der Waals surface area contributed by atoms with Crippen molar-refractivity contribution < 1.29 is 8.42 Å². The van der Waals surface area contributed by atoms with Gasteiger partial charge in [-0.25, -0.2) is 8.42 Å². The van der Waals surface area contributed by atoms with E-state index in [9.17, 15) is 8.42 Å². The second kappa shape index (κ2) is 6.12. The lowest BCUT2D eigenvalue weighted by molar-refractivity contribution is 0.200. The van der Waals surface area contributed by atoms with E-state index in [4.69, 9.17) is 5.73 Å². The van der Waals surface area contributed by atoms with E-state index in [0.717, 1.165) is 30.9 Å². The Hall–Kier alpha value is -0.820. The molecule has 0 amide bonds. The Kier molecular flexibility index (Phi) is 4.82. The molecule has 0 saturated carbocycles. The molecule has 2 N–H and O–H groups in total. The van der Waals surface area contributed by atoms with Gasteiger partial charge in [-0.3, -0.25) is 0 Å². The molecule has 7 heteroatoms. The van der Waals surface area contributed by atoms with Gasteiger partial charge in [0.15, 0.2) is 15.7 Å². The van der Waals surface area contributed by atoms with E-state index in [1.54, 1.807) is 6.92 Å². The number of aromatic nitrogens is 1. The number of sulfone groups is 1. The van der Waals surface area contributed by atoms with E-state index in [1.165, 1.54) is 24.4 Å². The van der Waals surface area contributed by atoms with Gasteiger partial charge in [-0.2, -0.15) is 4.37 Å². The van der Waals surface area contributed by atoms with Crippen LogP contribution < -0.4 is 10.6 Å². The molecule has 1 aliphatic heterocycles. The Morgan fingerprint density at radius 1 is 1.24 bits per heavy atom. The molecule has 0 radical (unpaired) electrons. The first-order chi connectivity index (χ1) is 9.89. The Labute approximate surface area is 131 Å². The van der Waals surface area contributed by atoms with Crippen LogP contribution >= 0.6 is 11.5 Å². The Morgan fingerprint density at radius 3 is 2.29 bits per heavy atom. The predicted octanol–water partition coefficient (Wildman–Crippen LogP) is 2.93. The number of rotatable bonds is 5. The molecule has 1 aromatic rings. The van der Waals surface area contributed by atoms with Crippen LogP contribution in [0.2, 0.25) is 0 Å². The number of nitrogens with zero attached hydrogens (tertiary/aromatic N) is 2. The van der Waals surface area contributed by atoms with Crippen LogP contribution in [0, 0.1) is 5.41 Å². The predicted molar refractivity (Wildman–Crippen MR) is 88.7 cm³/mol. The van der Waals surface area contributed by atoms with Crippen molar-refractivity contribution in [1.82, 2.24) is 4.37 Å². The molecule has 0 aliphatic carbocycles. The molecule has 0 atom stereocenters. The highest BCUT2D eigenvalue weighted by Gasteiger charge is 2.34. The maximum absolute atomic E-state index is 12.2. The van der Waals surface area contributed by atoms with Crippen LogP contribution in [-0.4, -0.2) is 31.6 Å². The molecule has 1 saturated heterocycles. The largest absolute Gasteiger partial charge is 0.382 e. The number of hydrogen-bond donors (Lipinski definition) is 1. The van der Waals surface area contributed by atoms with E-state index in [2.05, 4.69) is 23.1 Å². The van der Waals surface area contributed by atoms with Crippen molar-refractivity contribution in [2.75, 3.05) is 29.5 Å². The third-order valence-corrected chi connectivity index (χ3v) is 7.80. The fourth-order valence-corrected chi connectivity index (χ4v) is 5.42. The summed E-state index contributed by atoms with van der Waals surface area (Å²) in [6, 6.07) is 0. The Balaban J connectivity index is 2.26. The van der Waals surface area contributed by atoms with Crippen LogP contribution in [-0.2, 0) is 9.84 Å². The zero-order chi connectivity index (χ0) is 15.7. The number of nitrogen functional groups attached to an aromatic ring is 1. The lowest BCUT2D eigenvalue weighted by atomic mass is 9.74. The molecule has 0 bridgehead atoms. The summed E-state index contributed by atoms with van der Waals surface area (Å²) in [6.45, 7) is 7.91. The summed E-state index contributed by atoms with van der Waals surface area (Å²) in [7, 11) is -3.32. The maximum Gasteiger partial charge on any atom is 0.184 e. The van der Waals surface area contributed by atoms with Gasteiger partial charge in [0.05, 0.1) is 5.75 Å². The molecule has 1 aromatic heterocycles. The highest BCUT2D eigenvalue weighted by atomic mass is 32.2. The zero-order valence-electron chi connectivity index (χ0n) is 13.1. The third kappa shape index (κ3) is 3.04. The van der Waals surface area contributed by atoms with Crippen LogP contribution in [0.25, 0.3) is 0 Å². The molecular weight excluding hydrogens is 306 g/mol. The zero-order valence-corrected chi connectivity index (χ0v) is 14.7. The first-order valence-corrected chi connectivity index (χ1v) is 10.0. The quantitative estimate of drug-likeness (QED) is 0.897. The van der Waals surface area contributed by atoms with Gasteiger partial charge in [-0.1, -0.05) is 33.6 Å². The molecular formula is C14H25N3O2S2. The smallest absolute Gasteiger partial charge is 0.184 e. The maximum atomic E-state index is 12.2. The van der Waals surface area contributed by atoms with Gasteiger partial charge in [-0.15, -0.1) is 0 Å². The van der Waals surface area contributed by atoms with Gasteiger partial charge in [0, 0.05) is 13.1 Å². The van der Waals surface area contributed by atoms with Gasteiger partial charge in [0.2, 0.25) is 0 Å². The van der Waals surface area contributed by atoms with E-state index in [1.807, 2.05) is 0 Å². The summed E-state index contributed by atoms with van der Waals surface area (Å²) in [5, 5.41) is 0.732. The van der Waals surface area contributed by atoms with Crippen LogP contribution in [0.4, 0.5) is 10.8 Å². The van der Waals surface area contributed by atoms with E-state index < -0.39 is 9.84 Å². The Morgan fingerprint density at radius 2 is 1.81 bits per heavy atom. The molecule has 21 heavy (non-hydrogen) atoms. The number of anilines is 2. The first-order valence-electron chi connectivity index (χ1n) is 7.62. The van der Waals surface area contributed by atoms with Gasteiger partial charge >= 0.3 is 0 Å². The highest BCUT2D eigenvalue weighted by Crippen LogP contribution is 2.42. The second-order valence-electron chi connectivity index (χ2n) is 5.80. The standard InChI is InChI=1S/C14H25N3O2S2/c1-4-14(5-2)7-9-17(10-8-14)13-11(12(15)16-20-13)21(18,19)6-3/h4-10H2,1-3H3,(H2,15,16). The van der Waals surface area contributed by atoms with Crippen molar-refractivity contribution in [3.05, 3.63) is 0 Å². The average molecular weight is 332 g/mol. The molecule has 120 valence electrons. The third-order valence-electron chi connectivity index (χ3n) is 4.96. The average Bonchev–Trinajstić information content (AvgIpc) is 2.90. The van der Waals surface area contributed by atoms with Crippen molar-refractivity contribution >= 4 is 32.2 Å². The number of piperidine rings is 1. The van der Waals surface area contributed by atoms with E-state index in [-0.39, 0.29) is 16.5 Å². The molecule has 0 unspecified atom stereocenters. The summed E-state index contributed by atoms with van der Waals surface area (Å²) < 4.78 is 28.6. The molecule has 2 heterocycles. The van der Waals surface area contributed by atoms with Gasteiger partial charge in [0.25, 0.3) is 0 Å². The van der Waals surface area contributed by atoms with E-state index in [0.29, 0.717) is 5.41 Å². The highest BCUT2D eigenvalue weighted by molar-refractivity contribution is 7.91. The summed E-state index contributed by atoms with van der Waals surface area (Å²) in [5.74, 6) is 0.212. The van der Waals surface area contributed by atoms with Gasteiger partial charge in [0.1, 0.15) is 9.90 Å². The molecule has 2 rings (SSSR count). The minimum absolute atomic E-state index is 0.0598. The summed E-state index contributed by atoms with van der Waals surface area (Å²) >= 11 is 1.21. The van der Waals surface area contributed by atoms with Gasteiger partial charge in [-0.05, 0) is 29.8 Å². The van der Waals surface area contributed by atoms with Crippen molar-refractivity contribution in [3.8, 4) is 0 Å². The van der Waals surface area contributed by atoms with Crippen molar-refractivity contribution in [2.24, 2.45) is 5.41 Å². The number of nitrogens with two attached hydrogens (primary N) is 1. The van der Waals surface area contributed by atoms with Crippen molar-refractivity contribution in [3.63, 3.8) is 0 Å². The SMILES string of the molecule is CCC1(CC)CCN(c2snc(N)c2S(=O)(=O)CC)CC1. The van der Waals surface area contributed by atoms with Crippen LogP contribution in [0.15, 0.2) is 4.90 Å². The Bertz CT molecular complexity index is 581. The summed E-state index contributed by atoms with van der Waals surface area (Å²) in [5.41, 5.74) is 6.22. The van der Waals surface area contributed by atoms with Crippen molar-refractivity contribution in [1.29, 1.82) is 0 Å². The first kappa shape index (κ1) is 16.5. The molecule has 1 fully saturated rings. The lowest BCUT2D eigenvalue weighted by Gasteiger charge is -2.41.